The van der Waals surface area contributed by atoms with Gasteiger partial charge in [0.1, 0.15) is 19.3 Å². The Morgan fingerprint density at radius 1 is 0.275 bits per heavy atom. The van der Waals surface area contributed by atoms with Gasteiger partial charge in [-0.15, -0.1) is 0 Å². The number of allylic oxidation sites excluding steroid dienone is 4. The number of aliphatic hydroxyl groups is 1. The minimum absolute atomic E-state index is 0.0878. The van der Waals surface area contributed by atoms with Crippen LogP contribution in [0.5, 0.6) is 0 Å². The Hall–Kier alpha value is -2.46. The molecule has 0 rings (SSSR count). The molecular weight excluding hydrogens is 1330 g/mol. The molecule has 0 aliphatic rings. The average Bonchev–Trinajstić information content (AvgIpc) is 1.10. The van der Waals surface area contributed by atoms with E-state index in [1.807, 2.05) is 0 Å². The highest BCUT2D eigenvalue weighted by Gasteiger charge is 2.30. The molecule has 0 spiro atoms. The molecular formula is C83H158O17P2. The van der Waals surface area contributed by atoms with Crippen molar-refractivity contribution in [1.29, 1.82) is 0 Å². The van der Waals surface area contributed by atoms with Crippen molar-refractivity contribution in [2.75, 3.05) is 39.6 Å². The number of aliphatic hydroxyl groups excluding tert-OH is 1. The number of carbonyl (C=O) groups is 4. The van der Waals surface area contributed by atoms with Crippen molar-refractivity contribution < 1.29 is 80.2 Å². The summed E-state index contributed by atoms with van der Waals surface area (Å²) in [6, 6.07) is 0. The average molecular weight is 1490 g/mol. The van der Waals surface area contributed by atoms with Crippen molar-refractivity contribution >= 4 is 39.5 Å². The summed E-state index contributed by atoms with van der Waals surface area (Å²) < 4.78 is 68.8. The van der Waals surface area contributed by atoms with Gasteiger partial charge in [0.15, 0.2) is 12.2 Å². The summed E-state index contributed by atoms with van der Waals surface area (Å²) in [4.78, 5) is 73.1. The molecule has 0 radical (unpaired) electrons. The lowest BCUT2D eigenvalue weighted by molar-refractivity contribution is -0.161. The molecule has 2 unspecified atom stereocenters. The van der Waals surface area contributed by atoms with Crippen LogP contribution in [-0.4, -0.2) is 96.7 Å². The zero-order chi connectivity index (χ0) is 74.6. The Morgan fingerprint density at radius 3 is 0.745 bits per heavy atom. The van der Waals surface area contributed by atoms with Crippen LogP contribution in [0.1, 0.15) is 426 Å². The second-order valence-corrected chi connectivity index (χ2v) is 32.1. The molecule has 0 fully saturated rings. The van der Waals surface area contributed by atoms with Crippen LogP contribution in [0.2, 0.25) is 0 Å². The number of carbonyl (C=O) groups excluding carboxylic acids is 4. The summed E-state index contributed by atoms with van der Waals surface area (Å²) in [5, 5.41) is 10.7. The first-order valence-corrected chi connectivity index (χ1v) is 45.6. The van der Waals surface area contributed by atoms with Crippen LogP contribution in [0.4, 0.5) is 0 Å². The largest absolute Gasteiger partial charge is 0.472 e. The van der Waals surface area contributed by atoms with Gasteiger partial charge in [0.05, 0.1) is 26.4 Å². The van der Waals surface area contributed by atoms with Gasteiger partial charge in [-0.05, 0) is 57.8 Å². The van der Waals surface area contributed by atoms with Gasteiger partial charge in [-0.25, -0.2) is 9.13 Å². The molecule has 0 heterocycles. The lowest BCUT2D eigenvalue weighted by atomic mass is 10.0. The highest BCUT2D eigenvalue weighted by molar-refractivity contribution is 7.47. The fourth-order valence-electron chi connectivity index (χ4n) is 12.4. The molecule has 0 aromatic carbocycles. The number of unbranched alkanes of at least 4 members (excludes halogenated alkanes) is 52. The summed E-state index contributed by atoms with van der Waals surface area (Å²) in [5.41, 5.74) is 0. The van der Waals surface area contributed by atoms with E-state index in [-0.39, 0.29) is 25.7 Å². The molecule has 0 aromatic heterocycles. The lowest BCUT2D eigenvalue weighted by Gasteiger charge is -2.21. The second-order valence-electron chi connectivity index (χ2n) is 29.2. The van der Waals surface area contributed by atoms with E-state index >= 15 is 0 Å². The molecule has 0 aromatic rings. The molecule has 0 bridgehead atoms. The molecule has 0 saturated heterocycles. The monoisotopic (exact) mass is 1490 g/mol. The van der Waals surface area contributed by atoms with Gasteiger partial charge < -0.3 is 33.8 Å². The fourth-order valence-corrected chi connectivity index (χ4v) is 14.0. The fraction of sp³-hybridized carbons (Fsp3) is 0.904. The van der Waals surface area contributed by atoms with E-state index in [0.717, 1.165) is 109 Å². The summed E-state index contributed by atoms with van der Waals surface area (Å²) in [7, 11) is -9.93. The molecule has 0 aliphatic carbocycles. The molecule has 0 saturated carbocycles. The summed E-state index contributed by atoms with van der Waals surface area (Å²) in [6.07, 6.45) is 72.8. The maximum Gasteiger partial charge on any atom is 0.472 e. The van der Waals surface area contributed by atoms with Crippen LogP contribution in [0.25, 0.3) is 0 Å². The van der Waals surface area contributed by atoms with Gasteiger partial charge in [0.2, 0.25) is 0 Å². The number of esters is 4. The van der Waals surface area contributed by atoms with Crippen LogP contribution < -0.4 is 0 Å². The van der Waals surface area contributed by atoms with E-state index in [9.17, 15) is 43.2 Å². The van der Waals surface area contributed by atoms with Crippen molar-refractivity contribution in [3.8, 4) is 0 Å². The van der Waals surface area contributed by atoms with E-state index in [1.54, 1.807) is 0 Å². The first-order chi connectivity index (χ1) is 49.7. The quantitative estimate of drug-likeness (QED) is 0.0169. The topological polar surface area (TPSA) is 237 Å². The Balaban J connectivity index is 5.30. The Morgan fingerprint density at radius 2 is 0.480 bits per heavy atom. The van der Waals surface area contributed by atoms with Crippen molar-refractivity contribution in [3.05, 3.63) is 24.3 Å². The van der Waals surface area contributed by atoms with E-state index in [2.05, 4.69) is 52.0 Å². The van der Waals surface area contributed by atoms with Crippen molar-refractivity contribution in [1.82, 2.24) is 0 Å². The summed E-state index contributed by atoms with van der Waals surface area (Å²) >= 11 is 0. The van der Waals surface area contributed by atoms with Gasteiger partial charge >= 0.3 is 39.5 Å². The van der Waals surface area contributed by atoms with Gasteiger partial charge in [0, 0.05) is 25.7 Å². The third-order valence-electron chi connectivity index (χ3n) is 18.9. The highest BCUT2D eigenvalue weighted by atomic mass is 31.2. The van der Waals surface area contributed by atoms with Gasteiger partial charge in [0.25, 0.3) is 0 Å². The number of phosphoric acid groups is 2. The SMILES string of the molecule is CCCCC/C=C\C/C=C\CCCCCCCC(=O)O[C@H](COC(=O)CCCCCCCCCCCCCCCCC)COP(=O)(O)OC[C@H](O)COP(=O)(O)OC[C@@H](COC(=O)CCCCCCCCCCCCCCCCC)OC(=O)CCCCCCCCCCCCCCCCCCC. The minimum atomic E-state index is -4.97. The van der Waals surface area contributed by atoms with Crippen LogP contribution >= 0.6 is 15.6 Å². The molecule has 602 valence electrons. The van der Waals surface area contributed by atoms with Gasteiger partial charge in [-0.1, -0.05) is 367 Å². The Bertz CT molecular complexity index is 2020. The van der Waals surface area contributed by atoms with Crippen molar-refractivity contribution in [3.63, 3.8) is 0 Å². The lowest BCUT2D eigenvalue weighted by Crippen LogP contribution is -2.30. The molecule has 5 atom stereocenters. The first kappa shape index (κ1) is 99.5. The van der Waals surface area contributed by atoms with Crippen molar-refractivity contribution in [2.45, 2.75) is 444 Å². The normalized spacial score (nSPS) is 13.9. The molecule has 3 N–H and O–H groups in total. The number of ether oxygens (including phenoxy) is 4. The molecule has 0 aliphatic heterocycles. The third kappa shape index (κ3) is 75.8. The maximum absolute atomic E-state index is 13.1. The first-order valence-electron chi connectivity index (χ1n) is 42.6. The molecule has 17 nitrogen and oxygen atoms in total. The van der Waals surface area contributed by atoms with Crippen LogP contribution in [0.15, 0.2) is 24.3 Å². The molecule has 0 amide bonds. The van der Waals surface area contributed by atoms with Gasteiger partial charge in [-0.2, -0.15) is 0 Å². The number of rotatable bonds is 82. The zero-order valence-corrected chi connectivity index (χ0v) is 67.9. The van der Waals surface area contributed by atoms with E-state index in [0.29, 0.717) is 25.7 Å². The molecule has 102 heavy (non-hydrogen) atoms. The van der Waals surface area contributed by atoms with Crippen LogP contribution in [0.3, 0.4) is 0 Å². The standard InChI is InChI=1S/C83H158O17P2/c1-5-9-13-17-21-25-29-33-37-38-42-46-50-54-58-62-66-70-83(88)100-79(74-94-81(86)68-64-60-56-52-48-44-40-35-31-27-23-19-15-11-7-3)76-98-102(91,92)96-72-77(84)71-95-101(89,90)97-75-78(99-82(87)69-65-61-57-53-49-45-41-36-32-28-24-20-16-12-8-4)73-93-80(85)67-63-59-55-51-47-43-39-34-30-26-22-18-14-10-6-2/h24,28,36,41,77-79,84H,5-23,25-27,29-35,37-40,42-76H2,1-4H3,(H,89,90)(H,91,92)/b28-24-,41-36-/t77-,78+,79+/m0/s1. The van der Waals surface area contributed by atoms with E-state index in [1.165, 1.54) is 238 Å². The number of phosphoric ester groups is 2. The maximum atomic E-state index is 13.1. The Kier molecular flexibility index (Phi) is 74.9. The highest BCUT2D eigenvalue weighted by Crippen LogP contribution is 2.45. The Labute approximate surface area is 624 Å². The van der Waals surface area contributed by atoms with E-state index < -0.39 is 97.5 Å². The van der Waals surface area contributed by atoms with E-state index in [4.69, 9.17) is 37.0 Å². The van der Waals surface area contributed by atoms with Crippen molar-refractivity contribution in [2.24, 2.45) is 0 Å². The van der Waals surface area contributed by atoms with Gasteiger partial charge in [-0.3, -0.25) is 37.3 Å². The molecule has 19 heteroatoms. The zero-order valence-electron chi connectivity index (χ0n) is 66.1. The summed E-state index contributed by atoms with van der Waals surface area (Å²) in [5.74, 6) is -2.13. The minimum Gasteiger partial charge on any atom is -0.462 e. The summed E-state index contributed by atoms with van der Waals surface area (Å²) in [6.45, 7) is 4.98. The smallest absolute Gasteiger partial charge is 0.462 e. The van der Waals surface area contributed by atoms with Crippen LogP contribution in [0, 0.1) is 0 Å². The third-order valence-corrected chi connectivity index (χ3v) is 20.9. The predicted octanol–water partition coefficient (Wildman–Crippen LogP) is 24.9. The predicted molar refractivity (Wildman–Crippen MR) is 418 cm³/mol. The second kappa shape index (κ2) is 76.7. The number of hydrogen-bond acceptors (Lipinski definition) is 15. The van der Waals surface area contributed by atoms with Crippen LogP contribution in [-0.2, 0) is 65.4 Å². The number of hydrogen-bond donors (Lipinski definition) is 3.